The first-order valence-electron chi connectivity index (χ1n) is 5.93. The van der Waals surface area contributed by atoms with Gasteiger partial charge in [-0.2, -0.15) is 0 Å². The molecule has 2 aromatic carbocycles. The highest BCUT2D eigenvalue weighted by Gasteiger charge is 2.01. The van der Waals surface area contributed by atoms with E-state index < -0.39 is 4.92 Å². The van der Waals surface area contributed by atoms with Gasteiger partial charge in [-0.15, -0.1) is 0 Å². The fraction of sp³-hybridized carbons (Fsp3) is 0.0667. The van der Waals surface area contributed by atoms with Gasteiger partial charge in [0.15, 0.2) is 0 Å². The van der Waals surface area contributed by atoms with Crippen molar-refractivity contribution in [2.45, 2.75) is 6.61 Å². The third kappa shape index (κ3) is 3.91. The van der Waals surface area contributed by atoms with Gasteiger partial charge >= 0.3 is 0 Å². The van der Waals surface area contributed by atoms with Gasteiger partial charge in [-0.3, -0.25) is 10.1 Å². The zero-order valence-corrected chi connectivity index (χ0v) is 10.5. The highest BCUT2D eigenvalue weighted by molar-refractivity contribution is 5.49. The van der Waals surface area contributed by atoms with Crippen LogP contribution in [0, 0.1) is 15.9 Å². The van der Waals surface area contributed by atoms with E-state index in [0.29, 0.717) is 16.9 Å². The van der Waals surface area contributed by atoms with E-state index in [1.54, 1.807) is 42.5 Å². The van der Waals surface area contributed by atoms with Crippen molar-refractivity contribution in [1.82, 2.24) is 0 Å². The Hall–Kier alpha value is -2.69. The van der Waals surface area contributed by atoms with Crippen molar-refractivity contribution in [3.05, 3.63) is 81.8 Å². The molecule has 0 aliphatic heterocycles. The standard InChI is InChI=1S/C15H12FNO3/c16-15-4-2-1-3-13(15)11-20-14-7-5-12(6-8-14)9-10-17(18)19/h1-10H,11H2/b10-9-. The van der Waals surface area contributed by atoms with Crippen LogP contribution in [0.3, 0.4) is 0 Å². The molecule has 0 fully saturated rings. The Labute approximate surface area is 115 Å². The maximum Gasteiger partial charge on any atom is 0.235 e. The number of ether oxygens (including phenoxy) is 1. The van der Waals surface area contributed by atoms with Crippen molar-refractivity contribution in [2.24, 2.45) is 0 Å². The molecule has 102 valence electrons. The Morgan fingerprint density at radius 3 is 2.50 bits per heavy atom. The van der Waals surface area contributed by atoms with Crippen LogP contribution in [0.5, 0.6) is 5.75 Å². The van der Waals surface area contributed by atoms with Crippen molar-refractivity contribution in [3.63, 3.8) is 0 Å². The number of nitrogens with zero attached hydrogens (tertiary/aromatic N) is 1. The van der Waals surface area contributed by atoms with Crippen molar-refractivity contribution in [1.29, 1.82) is 0 Å². The zero-order chi connectivity index (χ0) is 14.4. The van der Waals surface area contributed by atoms with Gasteiger partial charge in [0.25, 0.3) is 0 Å². The SMILES string of the molecule is O=[N+]([O-])/C=C\c1ccc(OCc2ccccc2F)cc1. The molecule has 0 unspecified atom stereocenters. The molecule has 20 heavy (non-hydrogen) atoms. The van der Waals surface area contributed by atoms with Gasteiger partial charge in [0.05, 0.1) is 4.92 Å². The van der Waals surface area contributed by atoms with Gasteiger partial charge in [-0.1, -0.05) is 30.3 Å². The Kier molecular flexibility index (Phi) is 4.44. The van der Waals surface area contributed by atoms with Gasteiger partial charge in [0, 0.05) is 11.6 Å². The lowest BCUT2D eigenvalue weighted by atomic mass is 10.2. The Balaban J connectivity index is 1.97. The molecular formula is C15H12FNO3. The van der Waals surface area contributed by atoms with Gasteiger partial charge in [0.2, 0.25) is 6.20 Å². The number of hydrogen-bond donors (Lipinski definition) is 0. The molecule has 0 saturated carbocycles. The molecule has 0 spiro atoms. The molecule has 0 aromatic heterocycles. The van der Waals surface area contributed by atoms with E-state index in [0.717, 1.165) is 6.20 Å². The molecule has 0 amide bonds. The first-order chi connectivity index (χ1) is 9.65. The van der Waals surface area contributed by atoms with E-state index in [-0.39, 0.29) is 12.4 Å². The molecule has 0 aliphatic rings. The Morgan fingerprint density at radius 2 is 1.85 bits per heavy atom. The van der Waals surface area contributed by atoms with Crippen LogP contribution in [0.15, 0.2) is 54.7 Å². The van der Waals surface area contributed by atoms with Crippen molar-refractivity contribution >= 4 is 6.08 Å². The third-order valence-corrected chi connectivity index (χ3v) is 2.62. The topological polar surface area (TPSA) is 52.4 Å². The van der Waals surface area contributed by atoms with Crippen molar-refractivity contribution in [3.8, 4) is 5.75 Å². The van der Waals surface area contributed by atoms with Crippen LogP contribution in [0.1, 0.15) is 11.1 Å². The summed E-state index contributed by atoms with van der Waals surface area (Å²) in [6.45, 7) is 0.136. The zero-order valence-electron chi connectivity index (χ0n) is 10.5. The van der Waals surface area contributed by atoms with Gasteiger partial charge < -0.3 is 4.74 Å². The molecule has 4 nitrogen and oxygen atoms in total. The summed E-state index contributed by atoms with van der Waals surface area (Å²) in [6, 6.07) is 13.1. The average Bonchev–Trinajstić information content (AvgIpc) is 2.45. The summed E-state index contributed by atoms with van der Waals surface area (Å²) in [5.74, 6) is 0.268. The minimum atomic E-state index is -0.525. The van der Waals surface area contributed by atoms with Crippen molar-refractivity contribution in [2.75, 3.05) is 0 Å². The second-order valence-corrected chi connectivity index (χ2v) is 4.05. The number of hydrogen-bond acceptors (Lipinski definition) is 3. The predicted molar refractivity (Wildman–Crippen MR) is 73.2 cm³/mol. The summed E-state index contributed by atoms with van der Waals surface area (Å²) in [7, 11) is 0. The third-order valence-electron chi connectivity index (χ3n) is 2.62. The number of halogens is 1. The van der Waals surface area contributed by atoms with Crippen LogP contribution < -0.4 is 4.74 Å². The largest absolute Gasteiger partial charge is 0.489 e. The van der Waals surface area contributed by atoms with E-state index in [1.165, 1.54) is 12.1 Å². The molecule has 0 heterocycles. The summed E-state index contributed by atoms with van der Waals surface area (Å²) in [6.07, 6.45) is 2.26. The molecule has 0 radical (unpaired) electrons. The quantitative estimate of drug-likeness (QED) is 0.617. The minimum Gasteiger partial charge on any atom is -0.489 e. The predicted octanol–water partition coefficient (Wildman–Crippen LogP) is 3.65. The Bertz CT molecular complexity index is 623. The van der Waals surface area contributed by atoms with Crippen LogP contribution in [0.2, 0.25) is 0 Å². The van der Waals surface area contributed by atoms with Crippen LogP contribution in [-0.4, -0.2) is 4.92 Å². The fourth-order valence-corrected chi connectivity index (χ4v) is 1.60. The average molecular weight is 273 g/mol. The molecule has 0 atom stereocenters. The molecular weight excluding hydrogens is 261 g/mol. The maximum absolute atomic E-state index is 13.4. The van der Waals surface area contributed by atoms with Gasteiger partial charge in [-0.05, 0) is 23.8 Å². The van der Waals surface area contributed by atoms with Crippen LogP contribution >= 0.6 is 0 Å². The van der Waals surface area contributed by atoms with Crippen LogP contribution in [0.25, 0.3) is 6.08 Å². The number of nitro groups is 1. The summed E-state index contributed by atoms with van der Waals surface area (Å²) >= 11 is 0. The first kappa shape index (κ1) is 13.7. The van der Waals surface area contributed by atoms with Crippen molar-refractivity contribution < 1.29 is 14.1 Å². The second kappa shape index (κ2) is 6.47. The second-order valence-electron chi connectivity index (χ2n) is 4.05. The molecule has 2 rings (SSSR count). The smallest absolute Gasteiger partial charge is 0.235 e. The highest BCUT2D eigenvalue weighted by atomic mass is 19.1. The maximum atomic E-state index is 13.4. The van der Waals surface area contributed by atoms with Gasteiger partial charge in [0.1, 0.15) is 18.2 Å². The molecule has 0 aliphatic carbocycles. The fourth-order valence-electron chi connectivity index (χ4n) is 1.60. The summed E-state index contributed by atoms with van der Waals surface area (Å²) in [4.78, 5) is 9.66. The number of rotatable bonds is 5. The van der Waals surface area contributed by atoms with E-state index in [2.05, 4.69) is 0 Å². The molecule has 2 aromatic rings. The van der Waals surface area contributed by atoms with E-state index in [4.69, 9.17) is 4.74 Å². The van der Waals surface area contributed by atoms with Crippen LogP contribution in [-0.2, 0) is 6.61 Å². The molecule has 0 saturated heterocycles. The highest BCUT2D eigenvalue weighted by Crippen LogP contribution is 2.16. The lowest BCUT2D eigenvalue weighted by Gasteiger charge is -2.07. The Morgan fingerprint density at radius 1 is 1.15 bits per heavy atom. The monoisotopic (exact) mass is 273 g/mol. The van der Waals surface area contributed by atoms with E-state index in [1.807, 2.05) is 0 Å². The van der Waals surface area contributed by atoms with Crippen LogP contribution in [0.4, 0.5) is 4.39 Å². The first-order valence-corrected chi connectivity index (χ1v) is 5.93. The van der Waals surface area contributed by atoms with Gasteiger partial charge in [-0.25, -0.2) is 4.39 Å². The minimum absolute atomic E-state index is 0.136. The lowest BCUT2D eigenvalue weighted by molar-refractivity contribution is -0.400. The molecule has 5 heteroatoms. The van der Waals surface area contributed by atoms with E-state index in [9.17, 15) is 14.5 Å². The van der Waals surface area contributed by atoms with E-state index >= 15 is 0 Å². The summed E-state index contributed by atoms with van der Waals surface area (Å²) in [5, 5.41) is 10.2. The lowest BCUT2D eigenvalue weighted by Crippen LogP contribution is -1.98. The normalized spacial score (nSPS) is 10.7. The summed E-state index contributed by atoms with van der Waals surface area (Å²) in [5.41, 5.74) is 1.17. The summed E-state index contributed by atoms with van der Waals surface area (Å²) < 4.78 is 18.8. The molecule has 0 bridgehead atoms. The number of benzene rings is 2. The molecule has 0 N–H and O–H groups in total.